The molecular formula is C20H17N3O. The van der Waals surface area contributed by atoms with Gasteiger partial charge in [0.05, 0.1) is 5.52 Å². The minimum Gasteiger partial charge on any atom is -0.468 e. The Kier molecular flexibility index (Phi) is 3.94. The zero-order valence-corrected chi connectivity index (χ0v) is 13.1. The molecule has 0 saturated heterocycles. The van der Waals surface area contributed by atoms with E-state index in [-0.39, 0.29) is 6.23 Å². The number of hydrogen-bond acceptors (Lipinski definition) is 3. The van der Waals surface area contributed by atoms with E-state index in [1.165, 1.54) is 5.56 Å². The maximum absolute atomic E-state index is 6.23. The molecule has 1 heterocycles. The monoisotopic (exact) mass is 315 g/mol. The van der Waals surface area contributed by atoms with E-state index >= 15 is 0 Å². The fraction of sp³-hybridized carbons (Fsp3) is 0.100. The summed E-state index contributed by atoms with van der Waals surface area (Å²) in [6, 6.07) is 28.0. The van der Waals surface area contributed by atoms with Gasteiger partial charge in [0.2, 0.25) is 0 Å². The molecule has 4 rings (SSSR count). The fourth-order valence-electron chi connectivity index (χ4n) is 2.75. The van der Waals surface area contributed by atoms with Gasteiger partial charge in [-0.15, -0.1) is 5.10 Å². The highest BCUT2D eigenvalue weighted by Crippen LogP contribution is 2.23. The second-order valence-electron chi connectivity index (χ2n) is 5.60. The van der Waals surface area contributed by atoms with E-state index in [0.29, 0.717) is 6.42 Å². The quantitative estimate of drug-likeness (QED) is 0.553. The van der Waals surface area contributed by atoms with E-state index in [9.17, 15) is 0 Å². The van der Waals surface area contributed by atoms with Crippen LogP contribution < -0.4 is 4.74 Å². The number of aromatic nitrogens is 3. The molecule has 118 valence electrons. The molecular weight excluding hydrogens is 298 g/mol. The molecule has 0 saturated carbocycles. The lowest BCUT2D eigenvalue weighted by molar-refractivity contribution is 0.121. The van der Waals surface area contributed by atoms with Crippen LogP contribution in [0.1, 0.15) is 11.8 Å². The first kappa shape index (κ1) is 14.5. The van der Waals surface area contributed by atoms with Crippen molar-refractivity contribution in [2.45, 2.75) is 12.6 Å². The van der Waals surface area contributed by atoms with Crippen molar-refractivity contribution in [3.05, 3.63) is 90.5 Å². The maximum Gasteiger partial charge on any atom is 0.197 e. The molecule has 4 heteroatoms. The molecule has 0 radical (unpaired) electrons. The Balaban J connectivity index is 1.72. The Morgan fingerprint density at radius 3 is 2.25 bits per heavy atom. The van der Waals surface area contributed by atoms with Crippen LogP contribution in [0, 0.1) is 0 Å². The SMILES string of the molecule is c1ccc(CC(Oc2ccccc2)n2nnc3ccccc32)cc1. The summed E-state index contributed by atoms with van der Waals surface area (Å²) in [7, 11) is 0. The summed E-state index contributed by atoms with van der Waals surface area (Å²) < 4.78 is 8.09. The first-order valence-corrected chi connectivity index (χ1v) is 7.96. The van der Waals surface area contributed by atoms with Crippen LogP contribution in [0.5, 0.6) is 5.75 Å². The fourth-order valence-corrected chi connectivity index (χ4v) is 2.75. The summed E-state index contributed by atoms with van der Waals surface area (Å²) in [5.74, 6) is 0.818. The summed E-state index contributed by atoms with van der Waals surface area (Å²) >= 11 is 0. The molecule has 1 unspecified atom stereocenters. The molecule has 0 N–H and O–H groups in total. The van der Waals surface area contributed by atoms with E-state index in [0.717, 1.165) is 16.8 Å². The molecule has 0 aliphatic carbocycles. The van der Waals surface area contributed by atoms with Crippen molar-refractivity contribution in [1.82, 2.24) is 15.0 Å². The van der Waals surface area contributed by atoms with Crippen LogP contribution in [0.4, 0.5) is 0 Å². The molecule has 0 aliphatic rings. The van der Waals surface area contributed by atoms with Gasteiger partial charge in [-0.25, -0.2) is 4.68 Å². The smallest absolute Gasteiger partial charge is 0.197 e. The van der Waals surface area contributed by atoms with Crippen LogP contribution >= 0.6 is 0 Å². The van der Waals surface area contributed by atoms with Crippen LogP contribution in [0.15, 0.2) is 84.9 Å². The summed E-state index contributed by atoms with van der Waals surface area (Å²) in [5.41, 5.74) is 3.03. The Morgan fingerprint density at radius 2 is 1.46 bits per heavy atom. The van der Waals surface area contributed by atoms with Gasteiger partial charge in [-0.3, -0.25) is 0 Å². The highest BCUT2D eigenvalue weighted by atomic mass is 16.5. The van der Waals surface area contributed by atoms with Gasteiger partial charge < -0.3 is 4.74 Å². The summed E-state index contributed by atoms with van der Waals surface area (Å²) in [6.45, 7) is 0. The third-order valence-corrected chi connectivity index (χ3v) is 3.92. The predicted molar refractivity (Wildman–Crippen MR) is 93.8 cm³/mol. The number of benzene rings is 3. The average Bonchev–Trinajstić information content (AvgIpc) is 3.07. The lowest BCUT2D eigenvalue weighted by Crippen LogP contribution is -2.20. The predicted octanol–water partition coefficient (Wildman–Crippen LogP) is 4.25. The molecule has 0 fully saturated rings. The van der Waals surface area contributed by atoms with Crippen LogP contribution in [0.25, 0.3) is 11.0 Å². The number of ether oxygens (including phenoxy) is 1. The number of fused-ring (bicyclic) bond motifs is 1. The summed E-state index contributed by atoms with van der Waals surface area (Å²) in [4.78, 5) is 0. The second-order valence-corrected chi connectivity index (χ2v) is 5.60. The maximum atomic E-state index is 6.23. The lowest BCUT2D eigenvalue weighted by atomic mass is 10.1. The normalized spacial score (nSPS) is 12.2. The molecule has 24 heavy (non-hydrogen) atoms. The van der Waals surface area contributed by atoms with E-state index in [2.05, 4.69) is 22.4 Å². The standard InChI is InChI=1S/C20H17N3O/c1-3-9-16(10-4-1)15-20(24-17-11-5-2-6-12-17)23-19-14-8-7-13-18(19)21-22-23/h1-14,20H,15H2. The third-order valence-electron chi connectivity index (χ3n) is 3.92. The van der Waals surface area contributed by atoms with Gasteiger partial charge in [-0.05, 0) is 29.8 Å². The summed E-state index contributed by atoms with van der Waals surface area (Å²) in [6.07, 6.45) is 0.450. The van der Waals surface area contributed by atoms with Gasteiger partial charge in [0.1, 0.15) is 11.3 Å². The Hall–Kier alpha value is -3.14. The second kappa shape index (κ2) is 6.54. The first-order chi connectivity index (χ1) is 11.9. The number of rotatable bonds is 5. The molecule has 1 aromatic heterocycles. The van der Waals surface area contributed by atoms with Crippen molar-refractivity contribution in [3.8, 4) is 5.75 Å². The van der Waals surface area contributed by atoms with Crippen molar-refractivity contribution in [2.75, 3.05) is 0 Å². The zero-order valence-electron chi connectivity index (χ0n) is 13.1. The van der Waals surface area contributed by atoms with Crippen molar-refractivity contribution in [3.63, 3.8) is 0 Å². The topological polar surface area (TPSA) is 39.9 Å². The number of hydrogen-bond donors (Lipinski definition) is 0. The van der Waals surface area contributed by atoms with Gasteiger partial charge in [0, 0.05) is 6.42 Å². The minimum absolute atomic E-state index is 0.262. The zero-order chi connectivity index (χ0) is 16.2. The Labute approximate surface area is 140 Å². The number of para-hydroxylation sites is 2. The van der Waals surface area contributed by atoms with Crippen molar-refractivity contribution in [1.29, 1.82) is 0 Å². The molecule has 0 aliphatic heterocycles. The first-order valence-electron chi connectivity index (χ1n) is 7.96. The highest BCUT2D eigenvalue weighted by molar-refractivity contribution is 5.73. The van der Waals surface area contributed by atoms with Gasteiger partial charge in [0.15, 0.2) is 6.23 Å². The van der Waals surface area contributed by atoms with Crippen LogP contribution in [-0.2, 0) is 6.42 Å². The third kappa shape index (κ3) is 2.99. The molecule has 0 bridgehead atoms. The van der Waals surface area contributed by atoms with Crippen LogP contribution in [-0.4, -0.2) is 15.0 Å². The van der Waals surface area contributed by atoms with Crippen molar-refractivity contribution in [2.24, 2.45) is 0 Å². The van der Waals surface area contributed by atoms with Gasteiger partial charge >= 0.3 is 0 Å². The molecule has 3 aromatic carbocycles. The van der Waals surface area contributed by atoms with Crippen LogP contribution in [0.3, 0.4) is 0 Å². The van der Waals surface area contributed by atoms with Gasteiger partial charge in [-0.1, -0.05) is 65.9 Å². The van der Waals surface area contributed by atoms with Crippen molar-refractivity contribution < 1.29 is 4.74 Å². The van der Waals surface area contributed by atoms with E-state index in [1.54, 1.807) is 0 Å². The minimum atomic E-state index is -0.262. The molecule has 0 amide bonds. The van der Waals surface area contributed by atoms with E-state index in [4.69, 9.17) is 4.74 Å². The van der Waals surface area contributed by atoms with Crippen molar-refractivity contribution >= 4 is 11.0 Å². The molecule has 4 aromatic rings. The van der Waals surface area contributed by atoms with Gasteiger partial charge in [-0.2, -0.15) is 0 Å². The Bertz CT molecular complexity index is 878. The summed E-state index contributed by atoms with van der Waals surface area (Å²) in [5, 5.41) is 8.59. The number of nitrogens with zero attached hydrogens (tertiary/aromatic N) is 3. The largest absolute Gasteiger partial charge is 0.468 e. The Morgan fingerprint density at radius 1 is 0.792 bits per heavy atom. The van der Waals surface area contributed by atoms with E-state index in [1.807, 2.05) is 77.5 Å². The lowest BCUT2D eigenvalue weighted by Gasteiger charge is -2.20. The van der Waals surface area contributed by atoms with E-state index < -0.39 is 0 Å². The molecule has 0 spiro atoms. The van der Waals surface area contributed by atoms with Gasteiger partial charge in [0.25, 0.3) is 0 Å². The molecule has 1 atom stereocenters. The average molecular weight is 315 g/mol. The van der Waals surface area contributed by atoms with Crippen LogP contribution in [0.2, 0.25) is 0 Å². The highest BCUT2D eigenvalue weighted by Gasteiger charge is 2.18. The molecule has 4 nitrogen and oxygen atoms in total.